The summed E-state index contributed by atoms with van der Waals surface area (Å²) >= 11 is 0. The lowest BCUT2D eigenvalue weighted by molar-refractivity contribution is -0.144. The van der Waals surface area contributed by atoms with E-state index in [2.05, 4.69) is 28.4 Å². The molecule has 0 saturated heterocycles. The van der Waals surface area contributed by atoms with E-state index in [1.807, 2.05) is 18.2 Å². The van der Waals surface area contributed by atoms with Crippen molar-refractivity contribution in [2.75, 3.05) is 33.7 Å². The normalized spacial score (nSPS) is 16.6. The van der Waals surface area contributed by atoms with Crippen molar-refractivity contribution in [2.45, 2.75) is 114 Å². The molecule has 5 atom stereocenters. The van der Waals surface area contributed by atoms with Crippen LogP contribution in [0.4, 0.5) is 13.2 Å². The van der Waals surface area contributed by atoms with Gasteiger partial charge in [-0.3, -0.25) is 19.3 Å². The predicted molar refractivity (Wildman–Crippen MR) is 187 cm³/mol. The van der Waals surface area contributed by atoms with Crippen LogP contribution >= 0.6 is 0 Å². The minimum Gasteiger partial charge on any atom is -0.390 e. The number of likely N-dealkylation sites (N-methyl/N-ethyl adjacent to an activating group) is 2. The van der Waals surface area contributed by atoms with Crippen LogP contribution in [0, 0.1) is 36.0 Å². The topological polar surface area (TPSA) is 122 Å². The number of terminal acetylenes is 1. The molecule has 3 unspecified atom stereocenters. The second-order valence-corrected chi connectivity index (χ2v) is 13.5. The molecule has 1 fully saturated rings. The van der Waals surface area contributed by atoms with Crippen LogP contribution in [0.25, 0.3) is 0 Å². The third-order valence-corrected chi connectivity index (χ3v) is 9.19. The van der Waals surface area contributed by atoms with E-state index in [9.17, 15) is 37.8 Å². The maximum Gasteiger partial charge on any atom is 0.401 e. The van der Waals surface area contributed by atoms with Crippen LogP contribution in [-0.4, -0.2) is 102 Å². The van der Waals surface area contributed by atoms with Crippen LogP contribution in [0.15, 0.2) is 30.3 Å². The van der Waals surface area contributed by atoms with E-state index < -0.39 is 60.7 Å². The summed E-state index contributed by atoms with van der Waals surface area (Å²) in [7, 11) is 2.80. The first-order valence-electron chi connectivity index (χ1n) is 17.6. The van der Waals surface area contributed by atoms with Gasteiger partial charge >= 0.3 is 6.18 Å². The van der Waals surface area contributed by atoms with Crippen molar-refractivity contribution >= 4 is 17.7 Å². The smallest absolute Gasteiger partial charge is 0.390 e. The van der Waals surface area contributed by atoms with Crippen LogP contribution in [0.2, 0.25) is 0 Å². The van der Waals surface area contributed by atoms with Crippen molar-refractivity contribution in [3.05, 3.63) is 35.9 Å². The van der Waals surface area contributed by atoms with Gasteiger partial charge in [-0.15, -0.1) is 24.2 Å². The Kier molecular flexibility index (Phi) is 19.0. The standard InChI is InChI=1S/C38H55F3N4O5/c1-5-7-11-21-33(46)35(48)32(25-29-18-14-10-15-19-29)43-37(50)31(20-8-6-2)42-36(49)30(24-28-16-12-9-13-17-28)26-34(47)45(4)23-22-44(3)27-38(39,40)41/h1,9,12-13,16-17,29-33,35,46,48H,7,10-11,14-15,18-27H2,2-4H3,(H,42,49)(H,43,50)/t30?,31-,32?,33?,35+/m0/s1. The number of aliphatic hydroxyl groups excluding tert-OH is 2. The molecule has 0 spiro atoms. The number of amides is 3. The number of nitrogens with one attached hydrogen (secondary N) is 2. The van der Waals surface area contributed by atoms with Gasteiger partial charge in [0.25, 0.3) is 0 Å². The van der Waals surface area contributed by atoms with Gasteiger partial charge < -0.3 is 25.7 Å². The molecular weight excluding hydrogens is 649 g/mol. The second-order valence-electron chi connectivity index (χ2n) is 13.5. The summed E-state index contributed by atoms with van der Waals surface area (Å²) in [6, 6.07) is 7.19. The molecule has 1 aromatic carbocycles. The van der Waals surface area contributed by atoms with Crippen molar-refractivity contribution in [1.82, 2.24) is 20.4 Å². The van der Waals surface area contributed by atoms with Crippen LogP contribution in [-0.2, 0) is 20.8 Å². The number of unbranched alkanes of at least 4 members (excludes halogenated alkanes) is 1. The number of aliphatic hydroxyl groups is 2. The summed E-state index contributed by atoms with van der Waals surface area (Å²) in [4.78, 5) is 43.3. The molecule has 1 aliphatic rings. The fourth-order valence-electron chi connectivity index (χ4n) is 6.26. The SMILES string of the molecule is C#CCCCC(O)[C@H](O)C(CC1CCCCC1)NC(=O)[C@H](CC#CC)NC(=O)C(CC(=O)N(C)CCN(C)CC(F)(F)F)Cc1ccccc1. The van der Waals surface area contributed by atoms with Crippen LogP contribution < -0.4 is 10.6 Å². The Morgan fingerprint density at radius 1 is 1.02 bits per heavy atom. The fourth-order valence-corrected chi connectivity index (χ4v) is 6.26. The van der Waals surface area contributed by atoms with E-state index in [1.54, 1.807) is 19.1 Å². The molecule has 0 bridgehead atoms. The highest BCUT2D eigenvalue weighted by Crippen LogP contribution is 2.29. The third kappa shape index (κ3) is 16.4. The predicted octanol–water partition coefficient (Wildman–Crippen LogP) is 4.07. The van der Waals surface area contributed by atoms with Crippen molar-refractivity contribution < 1.29 is 37.8 Å². The molecule has 1 aromatic rings. The summed E-state index contributed by atoms with van der Waals surface area (Å²) < 4.78 is 38.3. The molecule has 12 heteroatoms. The monoisotopic (exact) mass is 704 g/mol. The molecular formula is C38H55F3N4O5. The van der Waals surface area contributed by atoms with Gasteiger partial charge in [0, 0.05) is 39.4 Å². The second kappa shape index (κ2) is 22.3. The van der Waals surface area contributed by atoms with E-state index in [0.29, 0.717) is 19.3 Å². The fraction of sp³-hybridized carbons (Fsp3) is 0.658. The van der Waals surface area contributed by atoms with Gasteiger partial charge in [0.2, 0.25) is 17.7 Å². The maximum atomic E-state index is 13.8. The molecule has 4 N–H and O–H groups in total. The van der Waals surface area contributed by atoms with E-state index in [4.69, 9.17) is 6.42 Å². The zero-order valence-electron chi connectivity index (χ0n) is 29.7. The lowest BCUT2D eigenvalue weighted by Gasteiger charge is -2.33. The number of halogens is 3. The number of nitrogens with zero attached hydrogens (tertiary/aromatic N) is 2. The molecule has 278 valence electrons. The molecule has 9 nitrogen and oxygen atoms in total. The lowest BCUT2D eigenvalue weighted by Crippen LogP contribution is -2.56. The molecule has 0 aromatic heterocycles. The molecule has 0 heterocycles. The van der Waals surface area contributed by atoms with Crippen molar-refractivity contribution in [3.63, 3.8) is 0 Å². The summed E-state index contributed by atoms with van der Waals surface area (Å²) in [6.45, 7) is 0.516. The minimum atomic E-state index is -4.36. The highest BCUT2D eigenvalue weighted by molar-refractivity contribution is 5.91. The van der Waals surface area contributed by atoms with Gasteiger partial charge in [-0.1, -0.05) is 62.4 Å². The number of carbonyl (C=O) groups is 3. The largest absolute Gasteiger partial charge is 0.401 e. The summed E-state index contributed by atoms with van der Waals surface area (Å²) in [5.41, 5.74) is 0.789. The number of benzene rings is 1. The Labute approximate surface area is 295 Å². The first-order chi connectivity index (χ1) is 23.7. The average molecular weight is 705 g/mol. The van der Waals surface area contributed by atoms with Gasteiger partial charge in [0.1, 0.15) is 6.04 Å². The molecule has 2 rings (SSSR count). The summed E-state index contributed by atoms with van der Waals surface area (Å²) in [5, 5.41) is 27.7. The summed E-state index contributed by atoms with van der Waals surface area (Å²) in [6.07, 6.45) is 5.40. The highest BCUT2D eigenvalue weighted by Gasteiger charge is 2.34. The number of hydrogen-bond acceptors (Lipinski definition) is 6. The first-order valence-corrected chi connectivity index (χ1v) is 17.6. The van der Waals surface area contributed by atoms with Gasteiger partial charge in [-0.2, -0.15) is 13.2 Å². The Hall–Kier alpha value is -3.58. The number of carbonyl (C=O) groups excluding carboxylic acids is 3. The zero-order valence-corrected chi connectivity index (χ0v) is 29.7. The quantitative estimate of drug-likeness (QED) is 0.120. The van der Waals surface area contributed by atoms with Gasteiger partial charge in [0.15, 0.2) is 0 Å². The van der Waals surface area contributed by atoms with E-state index in [-0.39, 0.29) is 44.7 Å². The maximum absolute atomic E-state index is 13.8. The Bertz CT molecular complexity index is 1290. The number of rotatable bonds is 20. The molecule has 1 saturated carbocycles. The number of hydrogen-bond donors (Lipinski definition) is 4. The average Bonchev–Trinajstić information content (AvgIpc) is 3.08. The van der Waals surface area contributed by atoms with Crippen molar-refractivity contribution in [3.8, 4) is 24.2 Å². The Balaban J connectivity index is 2.23. The van der Waals surface area contributed by atoms with Gasteiger partial charge in [-0.05, 0) is 51.1 Å². The zero-order chi connectivity index (χ0) is 37.1. The van der Waals surface area contributed by atoms with Crippen LogP contribution in [0.3, 0.4) is 0 Å². The third-order valence-electron chi connectivity index (χ3n) is 9.19. The van der Waals surface area contributed by atoms with Gasteiger partial charge in [0.05, 0.1) is 30.7 Å². The first kappa shape index (κ1) is 42.6. The van der Waals surface area contributed by atoms with E-state index >= 15 is 0 Å². The Morgan fingerprint density at radius 2 is 1.70 bits per heavy atom. The van der Waals surface area contributed by atoms with Crippen molar-refractivity contribution in [2.24, 2.45) is 11.8 Å². The lowest BCUT2D eigenvalue weighted by atomic mass is 9.82. The molecule has 0 radical (unpaired) electrons. The minimum absolute atomic E-state index is 0.0122. The molecule has 3 amide bonds. The Morgan fingerprint density at radius 3 is 2.32 bits per heavy atom. The highest BCUT2D eigenvalue weighted by atomic mass is 19.4. The van der Waals surface area contributed by atoms with E-state index in [1.165, 1.54) is 19.0 Å². The van der Waals surface area contributed by atoms with Crippen LogP contribution in [0.1, 0.15) is 83.1 Å². The molecule has 0 aliphatic heterocycles. The van der Waals surface area contributed by atoms with Crippen molar-refractivity contribution in [1.29, 1.82) is 0 Å². The molecule has 1 aliphatic carbocycles. The van der Waals surface area contributed by atoms with E-state index in [0.717, 1.165) is 42.6 Å². The number of alkyl halides is 3. The van der Waals surface area contributed by atoms with Gasteiger partial charge in [-0.25, -0.2) is 0 Å². The molecule has 50 heavy (non-hydrogen) atoms. The summed E-state index contributed by atoms with van der Waals surface area (Å²) in [5.74, 6) is 5.94. The van der Waals surface area contributed by atoms with Crippen LogP contribution in [0.5, 0.6) is 0 Å².